The molecule has 0 aromatic heterocycles. The molecule has 1 heterocycles. The number of benzene rings is 1. The van der Waals surface area contributed by atoms with Crippen molar-refractivity contribution in [2.75, 3.05) is 13.7 Å². The molecule has 2 unspecified atom stereocenters. The first-order valence-corrected chi connectivity index (χ1v) is 5.63. The standard InChI is InChI=1S/C12H15ClO2/c1-14-11-5-3-2-4-10(11)12-8-9(13)6-7-15-12/h2-5,9,12H,6-8H2,1H3. The van der Waals surface area contributed by atoms with Crippen LogP contribution in [-0.4, -0.2) is 19.1 Å². The average molecular weight is 227 g/mol. The van der Waals surface area contributed by atoms with Crippen LogP contribution in [0.4, 0.5) is 0 Å². The van der Waals surface area contributed by atoms with Crippen molar-refractivity contribution in [1.29, 1.82) is 0 Å². The third-order valence-electron chi connectivity index (χ3n) is 2.71. The number of ether oxygens (including phenoxy) is 2. The van der Waals surface area contributed by atoms with E-state index in [1.807, 2.05) is 24.3 Å². The summed E-state index contributed by atoms with van der Waals surface area (Å²) in [7, 11) is 1.68. The molecule has 0 amide bonds. The van der Waals surface area contributed by atoms with Gasteiger partial charge < -0.3 is 9.47 Å². The van der Waals surface area contributed by atoms with Gasteiger partial charge in [0, 0.05) is 17.5 Å². The first-order chi connectivity index (χ1) is 7.31. The van der Waals surface area contributed by atoms with E-state index in [4.69, 9.17) is 21.1 Å². The van der Waals surface area contributed by atoms with Gasteiger partial charge >= 0.3 is 0 Å². The molecular formula is C12H15ClO2. The summed E-state index contributed by atoms with van der Waals surface area (Å²) in [6.45, 7) is 0.733. The molecule has 1 saturated heterocycles. The van der Waals surface area contributed by atoms with Gasteiger partial charge in [-0.3, -0.25) is 0 Å². The maximum absolute atomic E-state index is 6.14. The average Bonchev–Trinajstić information content (AvgIpc) is 2.29. The van der Waals surface area contributed by atoms with Gasteiger partial charge in [-0.2, -0.15) is 0 Å². The molecule has 0 bridgehead atoms. The Balaban J connectivity index is 2.20. The Bertz CT molecular complexity index is 327. The van der Waals surface area contributed by atoms with Crippen molar-refractivity contribution in [1.82, 2.24) is 0 Å². The van der Waals surface area contributed by atoms with Crippen LogP contribution in [0.5, 0.6) is 5.75 Å². The molecule has 0 spiro atoms. The smallest absolute Gasteiger partial charge is 0.124 e. The lowest BCUT2D eigenvalue weighted by Gasteiger charge is -2.27. The minimum absolute atomic E-state index is 0.0809. The number of methoxy groups -OCH3 is 1. The highest BCUT2D eigenvalue weighted by atomic mass is 35.5. The molecule has 82 valence electrons. The molecule has 1 aliphatic rings. The minimum Gasteiger partial charge on any atom is -0.496 e. The van der Waals surface area contributed by atoms with Crippen LogP contribution in [0, 0.1) is 0 Å². The molecular weight excluding hydrogens is 212 g/mol. The lowest BCUT2D eigenvalue weighted by atomic mass is 10.0. The van der Waals surface area contributed by atoms with E-state index < -0.39 is 0 Å². The van der Waals surface area contributed by atoms with Crippen LogP contribution in [0.1, 0.15) is 24.5 Å². The maximum atomic E-state index is 6.14. The van der Waals surface area contributed by atoms with Crippen LogP contribution < -0.4 is 4.74 Å². The lowest BCUT2D eigenvalue weighted by molar-refractivity contribution is 0.0155. The predicted octanol–water partition coefficient (Wildman–Crippen LogP) is 3.15. The van der Waals surface area contributed by atoms with E-state index in [9.17, 15) is 0 Å². The molecule has 0 radical (unpaired) electrons. The van der Waals surface area contributed by atoms with Crippen LogP contribution in [-0.2, 0) is 4.74 Å². The van der Waals surface area contributed by atoms with Crippen molar-refractivity contribution in [3.63, 3.8) is 0 Å². The van der Waals surface area contributed by atoms with E-state index in [2.05, 4.69) is 0 Å². The Morgan fingerprint density at radius 3 is 2.93 bits per heavy atom. The van der Waals surface area contributed by atoms with Crippen LogP contribution in [0.25, 0.3) is 0 Å². The molecule has 1 aromatic rings. The number of halogens is 1. The van der Waals surface area contributed by atoms with Gasteiger partial charge in [0.1, 0.15) is 5.75 Å². The van der Waals surface area contributed by atoms with Gasteiger partial charge in [-0.1, -0.05) is 18.2 Å². The summed E-state index contributed by atoms with van der Waals surface area (Å²) < 4.78 is 11.0. The summed E-state index contributed by atoms with van der Waals surface area (Å²) in [5, 5.41) is 0.216. The minimum atomic E-state index is 0.0809. The molecule has 2 atom stereocenters. The van der Waals surface area contributed by atoms with Gasteiger partial charge in [0.25, 0.3) is 0 Å². The normalized spacial score (nSPS) is 26.3. The zero-order valence-corrected chi connectivity index (χ0v) is 9.54. The topological polar surface area (TPSA) is 18.5 Å². The van der Waals surface area contributed by atoms with Crippen LogP contribution >= 0.6 is 11.6 Å². The highest BCUT2D eigenvalue weighted by Crippen LogP contribution is 2.35. The van der Waals surface area contributed by atoms with Crippen LogP contribution in [0.15, 0.2) is 24.3 Å². The van der Waals surface area contributed by atoms with Crippen molar-refractivity contribution >= 4 is 11.6 Å². The van der Waals surface area contributed by atoms with Crippen molar-refractivity contribution in [3.8, 4) is 5.75 Å². The second-order valence-corrected chi connectivity index (χ2v) is 4.34. The fourth-order valence-corrected chi connectivity index (χ4v) is 2.16. The zero-order valence-electron chi connectivity index (χ0n) is 8.78. The molecule has 0 saturated carbocycles. The molecule has 15 heavy (non-hydrogen) atoms. The van der Waals surface area contributed by atoms with E-state index in [1.54, 1.807) is 7.11 Å². The van der Waals surface area contributed by atoms with Gasteiger partial charge in [-0.05, 0) is 18.9 Å². The first kappa shape index (κ1) is 10.8. The highest BCUT2D eigenvalue weighted by Gasteiger charge is 2.24. The Morgan fingerprint density at radius 2 is 2.20 bits per heavy atom. The van der Waals surface area contributed by atoms with Gasteiger partial charge in [0.2, 0.25) is 0 Å². The number of hydrogen-bond donors (Lipinski definition) is 0. The fraction of sp³-hybridized carbons (Fsp3) is 0.500. The first-order valence-electron chi connectivity index (χ1n) is 5.20. The Labute approximate surface area is 95.1 Å². The molecule has 1 fully saturated rings. The van der Waals surface area contributed by atoms with E-state index in [0.717, 1.165) is 30.8 Å². The number of hydrogen-bond acceptors (Lipinski definition) is 2. The van der Waals surface area contributed by atoms with Gasteiger partial charge in [-0.25, -0.2) is 0 Å². The van der Waals surface area contributed by atoms with E-state index >= 15 is 0 Å². The monoisotopic (exact) mass is 226 g/mol. The van der Waals surface area contributed by atoms with Gasteiger partial charge in [-0.15, -0.1) is 11.6 Å². The summed E-state index contributed by atoms with van der Waals surface area (Å²) in [4.78, 5) is 0. The molecule has 2 rings (SSSR count). The summed E-state index contributed by atoms with van der Waals surface area (Å²) in [6.07, 6.45) is 1.88. The maximum Gasteiger partial charge on any atom is 0.124 e. The van der Waals surface area contributed by atoms with Crippen LogP contribution in [0.2, 0.25) is 0 Å². The summed E-state index contributed by atoms with van der Waals surface area (Å²) in [6, 6.07) is 7.96. The van der Waals surface area contributed by atoms with Gasteiger partial charge in [0.05, 0.1) is 13.2 Å². The Hall–Kier alpha value is -0.730. The van der Waals surface area contributed by atoms with Crippen molar-refractivity contribution < 1.29 is 9.47 Å². The number of rotatable bonds is 2. The summed E-state index contributed by atoms with van der Waals surface area (Å²) >= 11 is 6.14. The Kier molecular flexibility index (Phi) is 3.49. The molecule has 1 aliphatic heterocycles. The second-order valence-electron chi connectivity index (χ2n) is 3.72. The molecule has 2 nitrogen and oxygen atoms in total. The molecule has 0 N–H and O–H groups in total. The number of para-hydroxylation sites is 1. The van der Waals surface area contributed by atoms with Crippen molar-refractivity contribution in [2.24, 2.45) is 0 Å². The molecule has 0 aliphatic carbocycles. The van der Waals surface area contributed by atoms with Gasteiger partial charge in [0.15, 0.2) is 0 Å². The van der Waals surface area contributed by atoms with E-state index in [-0.39, 0.29) is 11.5 Å². The molecule has 3 heteroatoms. The highest BCUT2D eigenvalue weighted by molar-refractivity contribution is 6.20. The zero-order chi connectivity index (χ0) is 10.7. The van der Waals surface area contributed by atoms with Crippen molar-refractivity contribution in [2.45, 2.75) is 24.3 Å². The quantitative estimate of drug-likeness (QED) is 0.722. The van der Waals surface area contributed by atoms with Crippen LogP contribution in [0.3, 0.4) is 0 Å². The number of alkyl halides is 1. The van der Waals surface area contributed by atoms with E-state index in [1.165, 1.54) is 0 Å². The SMILES string of the molecule is COc1ccccc1C1CC(Cl)CCO1. The third kappa shape index (κ3) is 2.44. The fourth-order valence-electron chi connectivity index (χ4n) is 1.91. The third-order valence-corrected chi connectivity index (χ3v) is 3.10. The second kappa shape index (κ2) is 4.86. The Morgan fingerprint density at radius 1 is 1.40 bits per heavy atom. The molecule has 1 aromatic carbocycles. The van der Waals surface area contributed by atoms with E-state index in [0.29, 0.717) is 0 Å². The predicted molar refractivity (Wildman–Crippen MR) is 60.6 cm³/mol. The summed E-state index contributed by atoms with van der Waals surface area (Å²) in [5.74, 6) is 0.883. The lowest BCUT2D eigenvalue weighted by Crippen LogP contribution is -2.20. The largest absolute Gasteiger partial charge is 0.496 e. The summed E-state index contributed by atoms with van der Waals surface area (Å²) in [5.41, 5.74) is 1.10. The van der Waals surface area contributed by atoms with Crippen molar-refractivity contribution in [3.05, 3.63) is 29.8 Å².